The summed E-state index contributed by atoms with van der Waals surface area (Å²) >= 11 is 12.2. The van der Waals surface area contributed by atoms with Gasteiger partial charge >= 0.3 is 5.97 Å². The SMILES string of the molecule is O=C(Nc1ccc(C[C@H](NC(=O)[C@@H]2C3CCC(CC3)N2S(=O)(=O)c2ccccc2)C(=O)O)cc1)c1c(Cl)cccc1Cl. The molecular formula is C30H29Cl2N3O6S. The fourth-order valence-electron chi connectivity index (χ4n) is 5.82. The predicted octanol–water partition coefficient (Wildman–Crippen LogP) is 4.99. The second-order valence-electron chi connectivity index (χ2n) is 10.5. The predicted molar refractivity (Wildman–Crippen MR) is 159 cm³/mol. The number of nitrogens with zero attached hydrogens (tertiary/aromatic N) is 1. The second kappa shape index (κ2) is 12.4. The largest absolute Gasteiger partial charge is 0.480 e. The van der Waals surface area contributed by atoms with Crippen LogP contribution < -0.4 is 10.6 Å². The normalized spacial score (nSPS) is 21.0. The Kier molecular flexibility index (Phi) is 8.89. The van der Waals surface area contributed by atoms with Crippen LogP contribution >= 0.6 is 23.2 Å². The first-order valence-electron chi connectivity index (χ1n) is 13.5. The molecule has 3 aromatic rings. The van der Waals surface area contributed by atoms with E-state index in [2.05, 4.69) is 10.6 Å². The number of carboxylic acid groups (broad SMARTS) is 1. The maximum atomic E-state index is 13.6. The average molecular weight is 631 g/mol. The number of piperidine rings is 2. The molecule has 0 unspecified atom stereocenters. The van der Waals surface area contributed by atoms with Gasteiger partial charge in [0.1, 0.15) is 12.1 Å². The highest BCUT2D eigenvalue weighted by Gasteiger charge is 2.51. The zero-order valence-corrected chi connectivity index (χ0v) is 24.7. The first-order chi connectivity index (χ1) is 20.1. The van der Waals surface area contributed by atoms with Crippen molar-refractivity contribution in [1.29, 1.82) is 0 Å². The van der Waals surface area contributed by atoms with Gasteiger partial charge in [0.2, 0.25) is 15.9 Å². The maximum Gasteiger partial charge on any atom is 0.326 e. The first-order valence-corrected chi connectivity index (χ1v) is 15.7. The van der Waals surface area contributed by atoms with Gasteiger partial charge < -0.3 is 15.7 Å². The van der Waals surface area contributed by atoms with Gasteiger partial charge in [-0.05, 0) is 73.6 Å². The number of carbonyl (C=O) groups excluding carboxylic acids is 2. The number of hydrogen-bond acceptors (Lipinski definition) is 5. The maximum absolute atomic E-state index is 13.6. The van der Waals surface area contributed by atoms with Crippen molar-refractivity contribution in [1.82, 2.24) is 9.62 Å². The summed E-state index contributed by atoms with van der Waals surface area (Å²) in [7, 11) is -3.97. The van der Waals surface area contributed by atoms with Crippen LogP contribution in [-0.4, -0.2) is 53.7 Å². The summed E-state index contributed by atoms with van der Waals surface area (Å²) in [6, 6.07) is 16.6. The summed E-state index contributed by atoms with van der Waals surface area (Å²) in [6.45, 7) is 0. The summed E-state index contributed by atoms with van der Waals surface area (Å²) < 4.78 is 28.6. The van der Waals surface area contributed by atoms with Gasteiger partial charge in [-0.3, -0.25) is 9.59 Å². The van der Waals surface area contributed by atoms with Gasteiger partial charge in [0.05, 0.1) is 20.5 Å². The average Bonchev–Trinajstić information content (AvgIpc) is 2.98. The Morgan fingerprint density at radius 2 is 1.50 bits per heavy atom. The molecule has 0 aromatic heterocycles. The fourth-order valence-corrected chi connectivity index (χ4v) is 8.31. The lowest BCUT2D eigenvalue weighted by Crippen LogP contribution is -2.63. The standard InChI is InChI=1S/C30H29Cl2N3O6S/c31-23-7-4-8-24(32)26(23)28(36)33-20-13-9-18(10-14-20)17-25(30(38)39)34-29(37)27-19-11-15-21(16-12-19)35(27)42(40,41)22-5-2-1-3-6-22/h1-10,13-14,19,21,25,27H,11-12,15-17H2,(H,33,36)(H,34,37)(H,38,39)/t19?,21?,25-,27-/m0/s1. The van der Waals surface area contributed by atoms with E-state index in [4.69, 9.17) is 23.2 Å². The molecular weight excluding hydrogens is 601 g/mol. The molecule has 9 nitrogen and oxygen atoms in total. The lowest BCUT2D eigenvalue weighted by molar-refractivity contribution is -0.143. The molecule has 6 rings (SSSR count). The van der Waals surface area contributed by atoms with Gasteiger partial charge in [0, 0.05) is 18.2 Å². The molecule has 1 aliphatic carbocycles. The smallest absolute Gasteiger partial charge is 0.326 e. The zero-order valence-electron chi connectivity index (χ0n) is 22.4. The number of amides is 2. The van der Waals surface area contributed by atoms with Crippen LogP contribution in [0.2, 0.25) is 10.0 Å². The minimum absolute atomic E-state index is 0.0438. The van der Waals surface area contributed by atoms with Crippen LogP contribution in [0.3, 0.4) is 0 Å². The molecule has 2 aliphatic heterocycles. The van der Waals surface area contributed by atoms with Gasteiger partial charge in [0.25, 0.3) is 5.91 Å². The number of fused-ring (bicyclic) bond motifs is 3. The van der Waals surface area contributed by atoms with E-state index in [1.54, 1.807) is 60.7 Å². The van der Waals surface area contributed by atoms with Crippen LogP contribution in [0.1, 0.15) is 41.6 Å². The Balaban J connectivity index is 1.30. The number of sulfonamides is 1. The minimum atomic E-state index is -3.97. The topological polar surface area (TPSA) is 133 Å². The third kappa shape index (κ3) is 6.17. The van der Waals surface area contributed by atoms with Crippen molar-refractivity contribution in [3.8, 4) is 0 Å². The first kappa shape index (κ1) is 30.0. The molecule has 2 atom stereocenters. The summed E-state index contributed by atoms with van der Waals surface area (Å²) in [5, 5.41) is 15.7. The van der Waals surface area contributed by atoms with Gasteiger partial charge in [-0.2, -0.15) is 4.31 Å². The van der Waals surface area contributed by atoms with E-state index >= 15 is 0 Å². The van der Waals surface area contributed by atoms with Crippen LogP contribution in [0.4, 0.5) is 5.69 Å². The molecule has 2 saturated heterocycles. The van der Waals surface area contributed by atoms with E-state index in [-0.39, 0.29) is 38.9 Å². The van der Waals surface area contributed by atoms with Crippen molar-refractivity contribution < 1.29 is 27.9 Å². The monoisotopic (exact) mass is 629 g/mol. The molecule has 3 aliphatic rings. The van der Waals surface area contributed by atoms with Crippen LogP contribution in [0.15, 0.2) is 77.7 Å². The Morgan fingerprint density at radius 3 is 2.10 bits per heavy atom. The van der Waals surface area contributed by atoms with E-state index in [0.717, 1.165) is 0 Å². The Bertz CT molecular complexity index is 1570. The Morgan fingerprint density at radius 1 is 0.881 bits per heavy atom. The molecule has 1 saturated carbocycles. The number of nitrogens with one attached hydrogen (secondary N) is 2. The van der Waals surface area contributed by atoms with Crippen molar-refractivity contribution in [2.45, 2.75) is 55.1 Å². The molecule has 2 heterocycles. The molecule has 3 aromatic carbocycles. The summed E-state index contributed by atoms with van der Waals surface area (Å²) in [6.07, 6.45) is 2.68. The van der Waals surface area contributed by atoms with E-state index in [9.17, 15) is 27.9 Å². The molecule has 3 N–H and O–H groups in total. The van der Waals surface area contributed by atoms with Crippen LogP contribution in [0.25, 0.3) is 0 Å². The third-order valence-corrected chi connectivity index (χ3v) is 10.4. The summed E-state index contributed by atoms with van der Waals surface area (Å²) in [5.74, 6) is -2.55. The Labute approximate surface area is 253 Å². The van der Waals surface area contributed by atoms with Crippen LogP contribution in [0, 0.1) is 5.92 Å². The molecule has 12 heteroatoms. The molecule has 42 heavy (non-hydrogen) atoms. The highest BCUT2D eigenvalue weighted by molar-refractivity contribution is 7.89. The Hall–Kier alpha value is -3.44. The second-order valence-corrected chi connectivity index (χ2v) is 13.2. The van der Waals surface area contributed by atoms with Crippen molar-refractivity contribution in [2.24, 2.45) is 5.92 Å². The summed E-state index contributed by atoms with van der Waals surface area (Å²) in [5.41, 5.74) is 1.17. The van der Waals surface area contributed by atoms with Crippen molar-refractivity contribution >= 4 is 56.7 Å². The minimum Gasteiger partial charge on any atom is -0.480 e. The lowest BCUT2D eigenvalue weighted by atomic mass is 9.76. The highest BCUT2D eigenvalue weighted by Crippen LogP contribution is 2.42. The molecule has 220 valence electrons. The molecule has 2 bridgehead atoms. The van der Waals surface area contributed by atoms with Crippen molar-refractivity contribution in [3.05, 3.63) is 94.0 Å². The van der Waals surface area contributed by atoms with Gasteiger partial charge in [-0.1, -0.05) is 59.6 Å². The van der Waals surface area contributed by atoms with E-state index < -0.39 is 39.9 Å². The number of carboxylic acids is 1. The molecule has 2 amide bonds. The van der Waals surface area contributed by atoms with Crippen LogP contribution in [-0.2, 0) is 26.0 Å². The zero-order chi connectivity index (χ0) is 30.0. The number of carbonyl (C=O) groups is 3. The number of hydrogen-bond donors (Lipinski definition) is 3. The van der Waals surface area contributed by atoms with E-state index in [1.165, 1.54) is 16.4 Å². The fraction of sp³-hybridized carbons (Fsp3) is 0.300. The van der Waals surface area contributed by atoms with E-state index in [0.29, 0.717) is 36.9 Å². The molecule has 3 fully saturated rings. The molecule has 0 radical (unpaired) electrons. The number of halogens is 2. The highest BCUT2D eigenvalue weighted by atomic mass is 35.5. The number of rotatable bonds is 9. The van der Waals surface area contributed by atoms with Crippen molar-refractivity contribution in [3.63, 3.8) is 0 Å². The van der Waals surface area contributed by atoms with Gasteiger partial charge in [0.15, 0.2) is 0 Å². The lowest BCUT2D eigenvalue weighted by Gasteiger charge is -2.49. The van der Waals surface area contributed by atoms with E-state index in [1.807, 2.05) is 0 Å². The quantitative estimate of drug-likeness (QED) is 0.305. The number of benzene rings is 3. The van der Waals surface area contributed by atoms with Crippen molar-refractivity contribution in [2.75, 3.05) is 5.32 Å². The number of anilines is 1. The van der Waals surface area contributed by atoms with Gasteiger partial charge in [-0.15, -0.1) is 0 Å². The number of aliphatic carboxylic acids is 1. The van der Waals surface area contributed by atoms with Crippen LogP contribution in [0.5, 0.6) is 0 Å². The summed E-state index contributed by atoms with van der Waals surface area (Å²) in [4.78, 5) is 38.6. The van der Waals surface area contributed by atoms with Gasteiger partial charge in [-0.25, -0.2) is 13.2 Å². The third-order valence-electron chi connectivity index (χ3n) is 7.87. The molecule has 0 spiro atoms.